The number of hydrogen-bond acceptors (Lipinski definition) is 3. The summed E-state index contributed by atoms with van der Waals surface area (Å²) in [5.74, 6) is 2.85. The number of hydrogen-bond donors (Lipinski definition) is 2. The lowest BCUT2D eigenvalue weighted by Gasteiger charge is -2.24. The Hall–Kier alpha value is -0.340. The number of rotatable bonds is 5. The van der Waals surface area contributed by atoms with Crippen molar-refractivity contribution in [2.24, 2.45) is 4.99 Å². The molecule has 1 heterocycles. The van der Waals surface area contributed by atoms with Crippen molar-refractivity contribution in [3.05, 3.63) is 28.8 Å². The molecule has 0 aliphatic carbocycles. The minimum Gasteiger partial charge on any atom is -0.496 e. The lowest BCUT2D eigenvalue weighted by molar-refractivity contribution is 0.409. The highest BCUT2D eigenvalue weighted by atomic mass is 127. The van der Waals surface area contributed by atoms with E-state index in [4.69, 9.17) is 16.3 Å². The molecule has 0 saturated carbocycles. The summed E-state index contributed by atoms with van der Waals surface area (Å²) in [5, 5.41) is 7.43. The van der Waals surface area contributed by atoms with Crippen LogP contribution in [0.1, 0.15) is 25.3 Å². The molecule has 1 saturated heterocycles. The fourth-order valence-electron chi connectivity index (χ4n) is 2.51. The minimum absolute atomic E-state index is 0. The number of methoxy groups -OCH3 is 1. The predicted octanol–water partition coefficient (Wildman–Crippen LogP) is 3.92. The Morgan fingerprint density at radius 2 is 2.22 bits per heavy atom. The quantitative estimate of drug-likeness (QED) is 0.390. The molecule has 1 aromatic carbocycles. The van der Waals surface area contributed by atoms with E-state index in [1.54, 1.807) is 14.2 Å². The van der Waals surface area contributed by atoms with Crippen molar-refractivity contribution in [2.75, 3.05) is 26.5 Å². The summed E-state index contributed by atoms with van der Waals surface area (Å²) in [6.07, 6.45) is 2.56. The molecule has 0 bridgehead atoms. The molecule has 1 fully saturated rings. The number of guanidine groups is 1. The van der Waals surface area contributed by atoms with Gasteiger partial charge >= 0.3 is 0 Å². The van der Waals surface area contributed by atoms with Gasteiger partial charge in [0.25, 0.3) is 0 Å². The third-order valence-corrected chi connectivity index (χ3v) is 5.62. The summed E-state index contributed by atoms with van der Waals surface area (Å²) in [6, 6.07) is 5.66. The summed E-state index contributed by atoms with van der Waals surface area (Å²) in [5.41, 5.74) is 1.05. The van der Waals surface area contributed by atoms with Crippen molar-refractivity contribution >= 4 is 53.3 Å². The van der Waals surface area contributed by atoms with E-state index in [9.17, 15) is 0 Å². The van der Waals surface area contributed by atoms with Gasteiger partial charge in [-0.2, -0.15) is 11.8 Å². The lowest BCUT2D eigenvalue weighted by Crippen LogP contribution is -2.43. The summed E-state index contributed by atoms with van der Waals surface area (Å²) in [6.45, 7) is 3.88. The van der Waals surface area contributed by atoms with E-state index in [2.05, 4.69) is 22.5 Å². The molecule has 7 heteroatoms. The maximum absolute atomic E-state index is 5.98. The molecule has 130 valence electrons. The van der Waals surface area contributed by atoms with Gasteiger partial charge in [-0.1, -0.05) is 17.7 Å². The smallest absolute Gasteiger partial charge is 0.191 e. The zero-order valence-electron chi connectivity index (χ0n) is 13.8. The Bertz CT molecular complexity index is 536. The van der Waals surface area contributed by atoms with Crippen LogP contribution in [-0.4, -0.2) is 37.2 Å². The molecule has 1 atom stereocenters. The van der Waals surface area contributed by atoms with Crippen LogP contribution in [0.5, 0.6) is 5.75 Å². The number of nitrogens with one attached hydrogen (secondary N) is 2. The Balaban J connectivity index is 0.00000264. The van der Waals surface area contributed by atoms with Crippen molar-refractivity contribution in [3.63, 3.8) is 0 Å². The van der Waals surface area contributed by atoms with Crippen LogP contribution in [0.2, 0.25) is 5.02 Å². The second kappa shape index (κ2) is 9.84. The molecule has 23 heavy (non-hydrogen) atoms. The monoisotopic (exact) mass is 469 g/mol. The molecule has 0 amide bonds. The van der Waals surface area contributed by atoms with Gasteiger partial charge in [0, 0.05) is 35.5 Å². The first-order valence-corrected chi connectivity index (χ1v) is 8.83. The van der Waals surface area contributed by atoms with Gasteiger partial charge < -0.3 is 15.4 Å². The number of ether oxygens (including phenoxy) is 1. The van der Waals surface area contributed by atoms with Crippen LogP contribution in [0.4, 0.5) is 0 Å². The van der Waals surface area contributed by atoms with E-state index in [0.29, 0.717) is 16.3 Å². The molecular weight excluding hydrogens is 445 g/mol. The van der Waals surface area contributed by atoms with E-state index in [-0.39, 0.29) is 24.0 Å². The fraction of sp³-hybridized carbons (Fsp3) is 0.562. The highest BCUT2D eigenvalue weighted by Crippen LogP contribution is 2.36. The highest BCUT2D eigenvalue weighted by molar-refractivity contribution is 14.0. The Morgan fingerprint density at radius 1 is 1.43 bits per heavy atom. The normalized spacial score (nSPS) is 20.8. The van der Waals surface area contributed by atoms with Crippen molar-refractivity contribution in [1.82, 2.24) is 10.6 Å². The third kappa shape index (κ3) is 6.23. The van der Waals surface area contributed by atoms with Crippen LogP contribution in [-0.2, 0) is 6.54 Å². The van der Waals surface area contributed by atoms with E-state index in [1.165, 1.54) is 18.6 Å². The second-order valence-corrected chi connectivity index (χ2v) is 7.76. The van der Waals surface area contributed by atoms with Crippen LogP contribution in [0.15, 0.2) is 23.2 Å². The third-order valence-electron chi connectivity index (χ3n) is 3.85. The van der Waals surface area contributed by atoms with Gasteiger partial charge in [-0.15, -0.1) is 24.0 Å². The number of benzene rings is 1. The fourth-order valence-corrected chi connectivity index (χ4v) is 3.92. The molecule has 1 aliphatic heterocycles. The molecule has 0 radical (unpaired) electrons. The average molecular weight is 470 g/mol. The number of halogens is 2. The van der Waals surface area contributed by atoms with E-state index >= 15 is 0 Å². The zero-order valence-corrected chi connectivity index (χ0v) is 17.7. The standard InChI is InChI=1S/C16H24ClN3OS.HI/c1-16(7-4-8-22-16)11-20-15(18-2)19-10-12-5-6-13(17)9-14(12)21-3;/h5-6,9H,4,7-8,10-11H2,1-3H3,(H2,18,19,20);1H. The molecule has 2 N–H and O–H groups in total. The topological polar surface area (TPSA) is 45.7 Å². The second-order valence-electron chi connectivity index (χ2n) is 5.64. The van der Waals surface area contributed by atoms with Crippen LogP contribution in [0.3, 0.4) is 0 Å². The Morgan fingerprint density at radius 3 is 2.83 bits per heavy atom. The van der Waals surface area contributed by atoms with Crippen LogP contribution >= 0.6 is 47.3 Å². The molecule has 4 nitrogen and oxygen atoms in total. The maximum atomic E-state index is 5.98. The highest BCUT2D eigenvalue weighted by Gasteiger charge is 2.29. The Kier molecular flexibility index (Phi) is 8.85. The van der Waals surface area contributed by atoms with Gasteiger partial charge in [0.1, 0.15) is 5.75 Å². The Labute approximate surface area is 165 Å². The average Bonchev–Trinajstić information content (AvgIpc) is 2.95. The largest absolute Gasteiger partial charge is 0.496 e. The van der Waals surface area contributed by atoms with Gasteiger partial charge in [-0.3, -0.25) is 4.99 Å². The number of thioether (sulfide) groups is 1. The molecule has 1 aromatic rings. The first-order valence-electron chi connectivity index (χ1n) is 7.47. The van der Waals surface area contributed by atoms with E-state index < -0.39 is 0 Å². The predicted molar refractivity (Wildman–Crippen MR) is 112 cm³/mol. The summed E-state index contributed by atoms with van der Waals surface area (Å²) < 4.78 is 5.68. The zero-order chi connectivity index (χ0) is 16.0. The lowest BCUT2D eigenvalue weighted by atomic mass is 10.1. The van der Waals surface area contributed by atoms with Gasteiger partial charge in [0.15, 0.2) is 5.96 Å². The van der Waals surface area contributed by atoms with Crippen molar-refractivity contribution in [1.29, 1.82) is 0 Å². The number of nitrogens with zero attached hydrogens (tertiary/aromatic N) is 1. The maximum Gasteiger partial charge on any atom is 0.191 e. The van der Waals surface area contributed by atoms with Gasteiger partial charge in [-0.25, -0.2) is 0 Å². The minimum atomic E-state index is 0. The van der Waals surface area contributed by atoms with Crippen molar-refractivity contribution in [2.45, 2.75) is 31.1 Å². The van der Waals surface area contributed by atoms with E-state index in [0.717, 1.165) is 23.8 Å². The molecule has 1 aliphatic rings. The van der Waals surface area contributed by atoms with Gasteiger partial charge in [0.05, 0.1) is 7.11 Å². The molecule has 0 aromatic heterocycles. The molecular formula is C16H25ClIN3OS. The summed E-state index contributed by atoms with van der Waals surface area (Å²) in [7, 11) is 3.44. The summed E-state index contributed by atoms with van der Waals surface area (Å²) >= 11 is 8.02. The summed E-state index contributed by atoms with van der Waals surface area (Å²) in [4.78, 5) is 4.29. The van der Waals surface area contributed by atoms with Crippen LogP contribution in [0.25, 0.3) is 0 Å². The van der Waals surface area contributed by atoms with Crippen molar-refractivity contribution in [3.8, 4) is 5.75 Å². The first-order chi connectivity index (χ1) is 10.6. The number of aliphatic imine (C=N–C) groups is 1. The van der Waals surface area contributed by atoms with Gasteiger partial charge in [0.2, 0.25) is 0 Å². The molecule has 0 spiro atoms. The molecule has 2 rings (SSSR count). The molecule has 1 unspecified atom stereocenters. The van der Waals surface area contributed by atoms with Gasteiger partial charge in [-0.05, 0) is 37.7 Å². The van der Waals surface area contributed by atoms with E-state index in [1.807, 2.05) is 30.0 Å². The van der Waals surface area contributed by atoms with Crippen molar-refractivity contribution < 1.29 is 4.74 Å². The van der Waals surface area contributed by atoms with Crippen LogP contribution < -0.4 is 15.4 Å². The SMILES string of the molecule is CN=C(NCc1ccc(Cl)cc1OC)NCC1(C)CCCS1.I. The van der Waals surface area contributed by atoms with Crippen LogP contribution in [0, 0.1) is 0 Å². The first kappa shape index (κ1) is 20.7.